The molecule has 1 aliphatic rings. The van der Waals surface area contributed by atoms with Gasteiger partial charge in [-0.05, 0) is 30.5 Å². The van der Waals surface area contributed by atoms with Crippen LogP contribution in [-0.2, 0) is 14.3 Å². The lowest BCUT2D eigenvalue weighted by molar-refractivity contribution is -0.152. The smallest absolute Gasteiger partial charge is 0.332 e. The fraction of sp³-hybridized carbons (Fsp3) is 0.467. The topological polar surface area (TPSA) is 84.9 Å². The molecule has 1 aromatic carbocycles. The lowest BCUT2D eigenvalue weighted by Crippen LogP contribution is -2.40. The molecule has 0 radical (unpaired) electrons. The summed E-state index contributed by atoms with van der Waals surface area (Å²) in [6, 6.07) is 1.50. The van der Waals surface area contributed by atoms with E-state index >= 15 is 0 Å². The second-order valence-electron chi connectivity index (χ2n) is 5.24. The maximum absolute atomic E-state index is 13.7. The van der Waals surface area contributed by atoms with Gasteiger partial charge in [0.2, 0.25) is 5.91 Å². The quantitative estimate of drug-likeness (QED) is 0.821. The van der Waals surface area contributed by atoms with E-state index in [9.17, 15) is 22.8 Å². The van der Waals surface area contributed by atoms with Crippen molar-refractivity contribution >= 4 is 11.9 Å². The van der Waals surface area contributed by atoms with Crippen molar-refractivity contribution in [1.82, 2.24) is 5.32 Å². The van der Waals surface area contributed by atoms with Gasteiger partial charge in [0, 0.05) is 0 Å². The zero-order valence-electron chi connectivity index (χ0n) is 12.7. The van der Waals surface area contributed by atoms with Gasteiger partial charge in [-0.3, -0.25) is 4.79 Å². The number of halogens is 3. The van der Waals surface area contributed by atoms with Crippen LogP contribution < -0.4 is 10.1 Å². The summed E-state index contributed by atoms with van der Waals surface area (Å²) in [5.74, 6) is -3.02. The Morgan fingerprint density at radius 3 is 2.50 bits per heavy atom. The van der Waals surface area contributed by atoms with Crippen molar-refractivity contribution in [3.63, 3.8) is 0 Å². The van der Waals surface area contributed by atoms with Crippen molar-refractivity contribution in [2.75, 3.05) is 7.11 Å². The summed E-state index contributed by atoms with van der Waals surface area (Å²) in [6.07, 6.45) is -5.03. The first-order chi connectivity index (χ1) is 11.3. The van der Waals surface area contributed by atoms with Gasteiger partial charge >= 0.3 is 5.97 Å². The lowest BCUT2D eigenvalue weighted by Gasteiger charge is -2.21. The van der Waals surface area contributed by atoms with Crippen LogP contribution in [0.1, 0.15) is 24.4 Å². The van der Waals surface area contributed by atoms with Crippen molar-refractivity contribution in [1.29, 1.82) is 0 Å². The summed E-state index contributed by atoms with van der Waals surface area (Å²) >= 11 is 0. The molecular formula is C15H16F3NO5. The molecule has 24 heavy (non-hydrogen) atoms. The molecule has 2 rings (SSSR count). The first-order valence-corrected chi connectivity index (χ1v) is 7.13. The van der Waals surface area contributed by atoms with Gasteiger partial charge in [0.25, 0.3) is 6.43 Å². The average molecular weight is 347 g/mol. The number of hydrogen-bond donors (Lipinski definition) is 2. The van der Waals surface area contributed by atoms with Crippen LogP contribution in [0, 0.1) is 5.82 Å². The number of amides is 1. The summed E-state index contributed by atoms with van der Waals surface area (Å²) in [5, 5.41) is 10.9. The van der Waals surface area contributed by atoms with Crippen LogP contribution in [0.2, 0.25) is 0 Å². The van der Waals surface area contributed by atoms with Crippen LogP contribution >= 0.6 is 0 Å². The summed E-state index contributed by atoms with van der Waals surface area (Å²) in [7, 11) is 1.24. The van der Waals surface area contributed by atoms with E-state index in [0.29, 0.717) is 0 Å². The van der Waals surface area contributed by atoms with Crippen molar-refractivity contribution < 1.29 is 37.3 Å². The van der Waals surface area contributed by atoms with E-state index in [-0.39, 0.29) is 24.2 Å². The minimum Gasteiger partial charge on any atom is -0.494 e. The van der Waals surface area contributed by atoms with Crippen LogP contribution in [0.15, 0.2) is 18.2 Å². The Bertz CT molecular complexity index is 625. The van der Waals surface area contributed by atoms with E-state index in [0.717, 1.165) is 6.07 Å². The molecule has 9 heteroatoms. The third-order valence-electron chi connectivity index (χ3n) is 3.67. The number of hydrogen-bond acceptors (Lipinski definition) is 4. The number of alkyl halides is 2. The SMILES string of the molecule is COc1ccc(C(NC(=O)[C@H]2CC[C@@H](C(=O)O)O2)C(F)F)cc1F. The third kappa shape index (κ3) is 3.97. The van der Waals surface area contributed by atoms with E-state index in [2.05, 4.69) is 5.32 Å². The Kier molecular flexibility index (Phi) is 5.66. The number of carbonyl (C=O) groups excluding carboxylic acids is 1. The molecule has 6 nitrogen and oxygen atoms in total. The molecule has 1 fully saturated rings. The largest absolute Gasteiger partial charge is 0.494 e. The zero-order valence-corrected chi connectivity index (χ0v) is 12.7. The van der Waals surface area contributed by atoms with Gasteiger partial charge in [0.1, 0.15) is 12.1 Å². The van der Waals surface area contributed by atoms with E-state index in [1.807, 2.05) is 0 Å². The Labute approximate surface area is 135 Å². The number of aliphatic carboxylic acids is 1. The number of carboxylic acids is 1. The number of methoxy groups -OCH3 is 1. The normalized spacial score (nSPS) is 21.5. The molecule has 0 spiro atoms. The number of benzene rings is 1. The highest BCUT2D eigenvalue weighted by Crippen LogP contribution is 2.27. The molecule has 2 N–H and O–H groups in total. The van der Waals surface area contributed by atoms with E-state index in [1.54, 1.807) is 0 Å². The summed E-state index contributed by atoms with van der Waals surface area (Å²) < 4.78 is 49.9. The molecule has 1 aliphatic heterocycles. The van der Waals surface area contributed by atoms with Gasteiger partial charge in [-0.1, -0.05) is 6.07 Å². The molecule has 0 aromatic heterocycles. The van der Waals surface area contributed by atoms with Crippen molar-refractivity contribution in [2.45, 2.75) is 37.5 Å². The Hall–Kier alpha value is -2.29. The molecule has 1 heterocycles. The predicted octanol–water partition coefficient (Wildman–Crippen LogP) is 1.89. The van der Waals surface area contributed by atoms with E-state index in [4.69, 9.17) is 14.6 Å². The molecular weight excluding hydrogens is 331 g/mol. The molecule has 0 saturated carbocycles. The van der Waals surface area contributed by atoms with Crippen LogP contribution in [0.3, 0.4) is 0 Å². The predicted molar refractivity (Wildman–Crippen MR) is 75.4 cm³/mol. The maximum atomic E-state index is 13.7. The molecule has 1 aromatic rings. The Morgan fingerprint density at radius 1 is 1.33 bits per heavy atom. The lowest BCUT2D eigenvalue weighted by atomic mass is 10.1. The number of ether oxygens (including phenoxy) is 2. The fourth-order valence-corrected chi connectivity index (χ4v) is 2.43. The molecule has 1 saturated heterocycles. The van der Waals surface area contributed by atoms with Crippen LogP contribution in [-0.4, -0.2) is 42.7 Å². The molecule has 132 valence electrons. The molecule has 3 atom stereocenters. The molecule has 0 bridgehead atoms. The van der Waals surface area contributed by atoms with Crippen LogP contribution in [0.5, 0.6) is 5.75 Å². The van der Waals surface area contributed by atoms with Gasteiger partial charge in [-0.15, -0.1) is 0 Å². The van der Waals surface area contributed by atoms with Crippen molar-refractivity contribution in [3.05, 3.63) is 29.6 Å². The van der Waals surface area contributed by atoms with Gasteiger partial charge in [0.05, 0.1) is 7.11 Å². The summed E-state index contributed by atoms with van der Waals surface area (Å²) in [5.41, 5.74) is -0.135. The minimum atomic E-state index is -2.99. The second kappa shape index (κ2) is 7.52. The van der Waals surface area contributed by atoms with Gasteiger partial charge in [0.15, 0.2) is 17.7 Å². The van der Waals surface area contributed by atoms with E-state index < -0.39 is 42.4 Å². The number of rotatable bonds is 6. The first kappa shape index (κ1) is 18.1. The standard InChI is InChI=1S/C15H16F3NO5/c1-23-9-3-2-7(6-8(9)16)12(13(17)18)19-14(20)10-4-5-11(24-10)15(21)22/h2-3,6,10-13H,4-5H2,1H3,(H,19,20)(H,21,22)/t10-,11+,12?/m1/s1. The third-order valence-corrected chi connectivity index (χ3v) is 3.67. The highest BCUT2D eigenvalue weighted by molar-refractivity contribution is 5.83. The molecule has 1 amide bonds. The number of carbonyl (C=O) groups is 2. The van der Waals surface area contributed by atoms with Gasteiger partial charge < -0.3 is 19.9 Å². The molecule has 1 unspecified atom stereocenters. The second-order valence-corrected chi connectivity index (χ2v) is 5.24. The van der Waals surface area contributed by atoms with Crippen LogP contribution in [0.4, 0.5) is 13.2 Å². The van der Waals surface area contributed by atoms with Crippen molar-refractivity contribution in [3.8, 4) is 5.75 Å². The average Bonchev–Trinajstić information content (AvgIpc) is 3.02. The Balaban J connectivity index is 2.10. The minimum absolute atomic E-state index is 0.107. The van der Waals surface area contributed by atoms with Crippen LogP contribution in [0.25, 0.3) is 0 Å². The monoisotopic (exact) mass is 347 g/mol. The Morgan fingerprint density at radius 2 is 2.00 bits per heavy atom. The number of nitrogens with one attached hydrogen (secondary N) is 1. The van der Waals surface area contributed by atoms with E-state index in [1.165, 1.54) is 19.2 Å². The highest BCUT2D eigenvalue weighted by Gasteiger charge is 2.36. The number of carboxylic acid groups (broad SMARTS) is 1. The maximum Gasteiger partial charge on any atom is 0.332 e. The fourth-order valence-electron chi connectivity index (χ4n) is 2.43. The summed E-state index contributed by atoms with van der Waals surface area (Å²) in [4.78, 5) is 22.8. The first-order valence-electron chi connectivity index (χ1n) is 7.13. The van der Waals surface area contributed by atoms with Gasteiger partial charge in [-0.25, -0.2) is 18.0 Å². The highest BCUT2D eigenvalue weighted by atomic mass is 19.3. The summed E-state index contributed by atoms with van der Waals surface area (Å²) in [6.45, 7) is 0. The van der Waals surface area contributed by atoms with Crippen molar-refractivity contribution in [2.24, 2.45) is 0 Å². The molecule has 0 aliphatic carbocycles. The zero-order chi connectivity index (χ0) is 17.9. The van der Waals surface area contributed by atoms with Gasteiger partial charge in [-0.2, -0.15) is 0 Å².